The third kappa shape index (κ3) is 5.33. The summed E-state index contributed by atoms with van der Waals surface area (Å²) in [5, 5.41) is 3.15. The Hall–Kier alpha value is -1.30. The van der Waals surface area contributed by atoms with Gasteiger partial charge in [-0.3, -0.25) is 9.59 Å². The fraction of sp³-hybridized carbons (Fsp3) is 0.684. The number of hydrogen-bond acceptors (Lipinski definition) is 3. The van der Waals surface area contributed by atoms with E-state index in [1.165, 1.54) is 32.1 Å². The predicted octanol–water partition coefficient (Wildman–Crippen LogP) is 4.12. The van der Waals surface area contributed by atoms with Crippen LogP contribution in [0.3, 0.4) is 0 Å². The van der Waals surface area contributed by atoms with Crippen LogP contribution in [0.5, 0.6) is 0 Å². The monoisotopic (exact) mass is 410 g/mol. The van der Waals surface area contributed by atoms with Crippen molar-refractivity contribution in [2.45, 2.75) is 63.8 Å². The lowest BCUT2D eigenvalue weighted by Gasteiger charge is -2.32. The smallest absolute Gasteiger partial charge is 0.289 e. The Morgan fingerprint density at radius 1 is 1.12 bits per heavy atom. The molecule has 6 heteroatoms. The number of carbonyl (C=O) groups excluding carboxylic acids is 2. The molecule has 0 unspecified atom stereocenters. The summed E-state index contributed by atoms with van der Waals surface area (Å²) >= 11 is 3.22. The molecular weight excluding hydrogens is 384 g/mol. The highest BCUT2D eigenvalue weighted by Crippen LogP contribution is 2.27. The molecule has 2 amide bonds. The van der Waals surface area contributed by atoms with Crippen molar-refractivity contribution in [1.29, 1.82) is 0 Å². The molecule has 25 heavy (non-hydrogen) atoms. The zero-order valence-electron chi connectivity index (χ0n) is 14.6. The Bertz CT molecular complexity index is 587. The standard InChI is InChI=1S/C19H27BrN2O3/c20-17-8-7-16(25-17)19(24)22-12-10-15(11-13-22)21-18(23)9-6-14-4-2-1-3-5-14/h7-8,14-15H,1-6,9-13H2,(H,21,23). The molecule has 0 radical (unpaired) electrons. The molecule has 3 rings (SSSR count). The molecule has 2 aliphatic rings. The number of amides is 2. The maximum atomic E-state index is 12.3. The minimum absolute atomic E-state index is 0.0761. The van der Waals surface area contributed by atoms with E-state index in [0.29, 0.717) is 29.9 Å². The van der Waals surface area contributed by atoms with Crippen LogP contribution < -0.4 is 5.32 Å². The number of likely N-dealkylation sites (tertiary alicyclic amines) is 1. The average molecular weight is 411 g/mol. The second kappa shape index (κ2) is 8.88. The second-order valence-corrected chi connectivity index (χ2v) is 8.06. The number of nitrogens with zero attached hydrogens (tertiary/aromatic N) is 1. The van der Waals surface area contributed by atoms with Crippen molar-refractivity contribution in [2.75, 3.05) is 13.1 Å². The van der Waals surface area contributed by atoms with E-state index in [1.807, 2.05) is 0 Å². The molecule has 138 valence electrons. The molecule has 2 fully saturated rings. The van der Waals surface area contributed by atoms with Gasteiger partial charge in [-0.25, -0.2) is 0 Å². The third-order valence-electron chi connectivity index (χ3n) is 5.44. The van der Waals surface area contributed by atoms with Crippen molar-refractivity contribution in [3.63, 3.8) is 0 Å². The number of rotatable bonds is 5. The van der Waals surface area contributed by atoms with E-state index < -0.39 is 0 Å². The fourth-order valence-electron chi connectivity index (χ4n) is 3.92. The topological polar surface area (TPSA) is 62.6 Å². The molecule has 1 saturated carbocycles. The molecule has 1 aromatic rings. The van der Waals surface area contributed by atoms with Crippen molar-refractivity contribution in [1.82, 2.24) is 10.2 Å². The van der Waals surface area contributed by atoms with E-state index in [2.05, 4.69) is 21.2 Å². The lowest BCUT2D eigenvalue weighted by Crippen LogP contribution is -2.46. The molecular formula is C19H27BrN2O3. The molecule has 2 heterocycles. The SMILES string of the molecule is O=C(CCC1CCCCC1)NC1CCN(C(=O)c2ccc(Br)o2)CC1. The fourth-order valence-corrected chi connectivity index (χ4v) is 4.23. The molecule has 5 nitrogen and oxygen atoms in total. The van der Waals surface area contributed by atoms with Gasteiger partial charge in [0.25, 0.3) is 5.91 Å². The summed E-state index contributed by atoms with van der Waals surface area (Å²) in [6.45, 7) is 1.31. The van der Waals surface area contributed by atoms with Gasteiger partial charge in [0.2, 0.25) is 5.91 Å². The predicted molar refractivity (Wildman–Crippen MR) is 99.3 cm³/mol. The molecule has 1 aliphatic heterocycles. The van der Waals surface area contributed by atoms with E-state index in [9.17, 15) is 9.59 Å². The van der Waals surface area contributed by atoms with Gasteiger partial charge in [0.05, 0.1) is 0 Å². The first-order valence-electron chi connectivity index (χ1n) is 9.46. The summed E-state index contributed by atoms with van der Waals surface area (Å²) in [5.41, 5.74) is 0. The van der Waals surface area contributed by atoms with Gasteiger partial charge >= 0.3 is 0 Å². The largest absolute Gasteiger partial charge is 0.444 e. The Balaban J connectivity index is 1.37. The van der Waals surface area contributed by atoms with Crippen molar-refractivity contribution >= 4 is 27.7 Å². The number of halogens is 1. The van der Waals surface area contributed by atoms with Gasteiger partial charge in [0.15, 0.2) is 10.4 Å². The normalized spacial score (nSPS) is 19.8. The summed E-state index contributed by atoms with van der Waals surface area (Å²) in [7, 11) is 0. The highest BCUT2D eigenvalue weighted by molar-refractivity contribution is 9.10. The molecule has 0 bridgehead atoms. The van der Waals surface area contributed by atoms with Gasteiger partial charge in [-0.05, 0) is 53.2 Å². The Labute approximate surface area is 157 Å². The van der Waals surface area contributed by atoms with Crippen LogP contribution in [0.2, 0.25) is 0 Å². The van der Waals surface area contributed by atoms with Crippen LogP contribution in [-0.2, 0) is 4.79 Å². The summed E-state index contributed by atoms with van der Waals surface area (Å²) in [6.07, 6.45) is 9.87. The van der Waals surface area contributed by atoms with Crippen molar-refractivity contribution in [3.05, 3.63) is 22.6 Å². The summed E-state index contributed by atoms with van der Waals surface area (Å²) in [4.78, 5) is 26.3. The van der Waals surface area contributed by atoms with Crippen LogP contribution in [0, 0.1) is 5.92 Å². The molecule has 0 atom stereocenters. The van der Waals surface area contributed by atoms with Crippen LogP contribution in [-0.4, -0.2) is 35.8 Å². The minimum atomic E-state index is -0.0761. The lowest BCUT2D eigenvalue weighted by atomic mass is 9.86. The first kappa shape index (κ1) is 18.5. The molecule has 0 spiro atoms. The molecule has 1 saturated heterocycles. The second-order valence-electron chi connectivity index (χ2n) is 7.28. The van der Waals surface area contributed by atoms with Crippen molar-refractivity contribution in [3.8, 4) is 0 Å². The average Bonchev–Trinajstić information content (AvgIpc) is 3.07. The van der Waals surface area contributed by atoms with E-state index in [1.54, 1.807) is 17.0 Å². The maximum absolute atomic E-state index is 12.3. The van der Waals surface area contributed by atoms with E-state index in [4.69, 9.17) is 4.42 Å². The Kier molecular flexibility index (Phi) is 6.57. The van der Waals surface area contributed by atoms with E-state index in [0.717, 1.165) is 25.2 Å². The number of carbonyl (C=O) groups is 2. The number of piperidine rings is 1. The lowest BCUT2D eigenvalue weighted by molar-refractivity contribution is -0.122. The van der Waals surface area contributed by atoms with Gasteiger partial charge in [-0.1, -0.05) is 32.1 Å². The number of nitrogens with one attached hydrogen (secondary N) is 1. The van der Waals surface area contributed by atoms with Gasteiger partial charge in [0, 0.05) is 25.6 Å². The molecule has 1 aliphatic carbocycles. The maximum Gasteiger partial charge on any atom is 0.289 e. The zero-order valence-corrected chi connectivity index (χ0v) is 16.2. The van der Waals surface area contributed by atoms with Crippen molar-refractivity contribution < 1.29 is 14.0 Å². The van der Waals surface area contributed by atoms with Crippen LogP contribution >= 0.6 is 15.9 Å². The van der Waals surface area contributed by atoms with Crippen LogP contribution in [0.25, 0.3) is 0 Å². The number of hydrogen-bond donors (Lipinski definition) is 1. The highest BCUT2D eigenvalue weighted by atomic mass is 79.9. The molecule has 1 aromatic heterocycles. The first-order chi connectivity index (χ1) is 12.1. The Morgan fingerprint density at radius 3 is 2.48 bits per heavy atom. The Morgan fingerprint density at radius 2 is 1.84 bits per heavy atom. The summed E-state index contributed by atoms with van der Waals surface area (Å²) in [6, 6.07) is 3.60. The minimum Gasteiger partial charge on any atom is -0.444 e. The van der Waals surface area contributed by atoms with Gasteiger partial charge in [0.1, 0.15) is 0 Å². The summed E-state index contributed by atoms with van der Waals surface area (Å²) in [5.74, 6) is 1.20. The number of furan rings is 1. The molecule has 1 N–H and O–H groups in total. The van der Waals surface area contributed by atoms with E-state index in [-0.39, 0.29) is 17.9 Å². The van der Waals surface area contributed by atoms with Crippen molar-refractivity contribution in [2.24, 2.45) is 5.92 Å². The first-order valence-corrected chi connectivity index (χ1v) is 10.2. The summed E-state index contributed by atoms with van der Waals surface area (Å²) < 4.78 is 5.90. The van der Waals surface area contributed by atoms with Gasteiger partial charge < -0.3 is 14.6 Å². The van der Waals surface area contributed by atoms with Gasteiger partial charge in [-0.15, -0.1) is 0 Å². The van der Waals surface area contributed by atoms with Gasteiger partial charge in [-0.2, -0.15) is 0 Å². The van der Waals surface area contributed by atoms with Crippen LogP contribution in [0.1, 0.15) is 68.3 Å². The third-order valence-corrected chi connectivity index (χ3v) is 5.86. The zero-order chi connectivity index (χ0) is 17.6. The molecule has 0 aromatic carbocycles. The highest BCUT2D eigenvalue weighted by Gasteiger charge is 2.26. The van der Waals surface area contributed by atoms with E-state index >= 15 is 0 Å². The van der Waals surface area contributed by atoms with Crippen LogP contribution in [0.15, 0.2) is 21.2 Å². The van der Waals surface area contributed by atoms with Crippen LogP contribution in [0.4, 0.5) is 0 Å². The quantitative estimate of drug-likeness (QED) is 0.793.